The zero-order valence-electron chi connectivity index (χ0n) is 18.2. The van der Waals surface area contributed by atoms with Crippen LogP contribution in [0.4, 0.5) is 8.78 Å². The summed E-state index contributed by atoms with van der Waals surface area (Å²) in [7, 11) is 0. The fourth-order valence-electron chi connectivity index (χ4n) is 3.21. The lowest BCUT2D eigenvalue weighted by atomic mass is 10.2. The van der Waals surface area contributed by atoms with E-state index in [4.69, 9.17) is 5.11 Å². The smallest absolute Gasteiger partial charge is 0.335 e. The zero-order chi connectivity index (χ0) is 24.6. The molecule has 0 atom stereocenters. The Balaban J connectivity index is 0.000000189. The third-order valence-corrected chi connectivity index (χ3v) is 4.77. The molecule has 3 heterocycles. The van der Waals surface area contributed by atoms with Crippen molar-refractivity contribution in [3.8, 4) is 11.5 Å². The van der Waals surface area contributed by atoms with Gasteiger partial charge in [-0.3, -0.25) is 4.98 Å². The van der Waals surface area contributed by atoms with E-state index in [1.807, 2.05) is 6.07 Å². The van der Waals surface area contributed by atoms with Crippen LogP contribution in [-0.2, 0) is 13.1 Å². The molecule has 0 unspecified atom stereocenters. The number of rotatable bonds is 6. The maximum absolute atomic E-state index is 13.2. The summed E-state index contributed by atoms with van der Waals surface area (Å²) in [5.41, 5.74) is 2.12. The zero-order valence-corrected chi connectivity index (χ0v) is 18.2. The molecule has 0 radical (unpaired) electrons. The minimum atomic E-state index is -1.04. The standard InChI is InChI=1S/C15H11FN4O2.C9H8FN3/c16-12-3-1-2-10(6-12)8-20-14(18-9-19-20)13-7-11(15(21)22)4-5-17-13;10-9-3-1-2-8(4-9)5-13-7-11-6-12-13/h1-7,9H,8H2,(H,21,22);1-4,6-7H,5H2. The van der Waals surface area contributed by atoms with Gasteiger partial charge in [-0.05, 0) is 47.5 Å². The summed E-state index contributed by atoms with van der Waals surface area (Å²) in [5, 5.41) is 17.0. The van der Waals surface area contributed by atoms with E-state index in [1.165, 1.54) is 55.2 Å². The molecule has 0 aliphatic rings. The maximum Gasteiger partial charge on any atom is 0.335 e. The van der Waals surface area contributed by atoms with Gasteiger partial charge in [0.1, 0.15) is 36.3 Å². The Morgan fingerprint density at radius 2 is 1.57 bits per heavy atom. The monoisotopic (exact) mass is 475 g/mol. The van der Waals surface area contributed by atoms with E-state index in [-0.39, 0.29) is 17.2 Å². The van der Waals surface area contributed by atoms with E-state index in [0.29, 0.717) is 24.6 Å². The van der Waals surface area contributed by atoms with Gasteiger partial charge in [0.2, 0.25) is 0 Å². The van der Waals surface area contributed by atoms with Crippen LogP contribution in [0.5, 0.6) is 0 Å². The fourth-order valence-corrected chi connectivity index (χ4v) is 3.21. The molecule has 5 aromatic rings. The van der Waals surface area contributed by atoms with Crippen LogP contribution in [0.3, 0.4) is 0 Å². The minimum Gasteiger partial charge on any atom is -0.478 e. The van der Waals surface area contributed by atoms with Gasteiger partial charge in [-0.2, -0.15) is 10.2 Å². The Hall–Kier alpha value is -4.80. The van der Waals surface area contributed by atoms with E-state index < -0.39 is 5.97 Å². The number of pyridine rings is 1. The van der Waals surface area contributed by atoms with Crippen molar-refractivity contribution in [3.05, 3.63) is 114 Å². The molecular formula is C24H19F2N7O2. The van der Waals surface area contributed by atoms with Gasteiger partial charge < -0.3 is 5.11 Å². The van der Waals surface area contributed by atoms with Crippen molar-refractivity contribution in [1.29, 1.82) is 0 Å². The Morgan fingerprint density at radius 3 is 2.20 bits per heavy atom. The Labute approximate surface area is 198 Å². The van der Waals surface area contributed by atoms with Crippen LogP contribution < -0.4 is 0 Å². The minimum absolute atomic E-state index is 0.116. The van der Waals surface area contributed by atoms with Gasteiger partial charge in [-0.15, -0.1) is 0 Å². The molecule has 0 fully saturated rings. The largest absolute Gasteiger partial charge is 0.478 e. The number of hydrogen-bond donors (Lipinski definition) is 1. The lowest BCUT2D eigenvalue weighted by Gasteiger charge is -2.06. The van der Waals surface area contributed by atoms with Crippen molar-refractivity contribution in [3.63, 3.8) is 0 Å². The highest BCUT2D eigenvalue weighted by molar-refractivity contribution is 5.88. The van der Waals surface area contributed by atoms with Crippen LogP contribution >= 0.6 is 0 Å². The second kappa shape index (κ2) is 10.9. The van der Waals surface area contributed by atoms with E-state index in [1.54, 1.807) is 33.9 Å². The van der Waals surface area contributed by atoms with Gasteiger partial charge in [-0.1, -0.05) is 24.3 Å². The number of aromatic nitrogens is 7. The van der Waals surface area contributed by atoms with E-state index in [2.05, 4.69) is 25.1 Å². The number of carbonyl (C=O) groups is 1. The Morgan fingerprint density at radius 1 is 0.857 bits per heavy atom. The van der Waals surface area contributed by atoms with Gasteiger partial charge in [-0.25, -0.2) is 32.9 Å². The molecule has 3 aromatic heterocycles. The number of nitrogens with zero attached hydrogens (tertiary/aromatic N) is 7. The summed E-state index contributed by atoms with van der Waals surface area (Å²) in [6.45, 7) is 0.865. The van der Waals surface area contributed by atoms with Gasteiger partial charge >= 0.3 is 5.97 Å². The van der Waals surface area contributed by atoms with Gasteiger partial charge in [0.25, 0.3) is 0 Å². The molecule has 1 N–H and O–H groups in total. The number of benzene rings is 2. The summed E-state index contributed by atoms with van der Waals surface area (Å²) in [6, 6.07) is 15.4. The van der Waals surface area contributed by atoms with Crippen molar-refractivity contribution >= 4 is 5.97 Å². The van der Waals surface area contributed by atoms with Crippen LogP contribution in [0.2, 0.25) is 0 Å². The fraction of sp³-hybridized carbons (Fsp3) is 0.0833. The summed E-state index contributed by atoms with van der Waals surface area (Å²) < 4.78 is 29.2. The molecule has 0 spiro atoms. The van der Waals surface area contributed by atoms with E-state index in [0.717, 1.165) is 11.1 Å². The molecular weight excluding hydrogens is 456 g/mol. The molecule has 176 valence electrons. The highest BCUT2D eigenvalue weighted by Gasteiger charge is 2.12. The number of hydrogen-bond acceptors (Lipinski definition) is 6. The average molecular weight is 475 g/mol. The highest BCUT2D eigenvalue weighted by atomic mass is 19.1. The summed E-state index contributed by atoms with van der Waals surface area (Å²) in [6.07, 6.45) is 5.81. The average Bonchev–Trinajstić information content (AvgIpc) is 3.52. The number of carboxylic acid groups (broad SMARTS) is 1. The highest BCUT2D eigenvalue weighted by Crippen LogP contribution is 2.17. The molecule has 0 aliphatic heterocycles. The molecule has 35 heavy (non-hydrogen) atoms. The first-order chi connectivity index (χ1) is 17.0. The molecule has 0 saturated carbocycles. The molecule has 0 saturated heterocycles. The second-order valence-electron chi connectivity index (χ2n) is 7.33. The van der Waals surface area contributed by atoms with Crippen molar-refractivity contribution < 1.29 is 18.7 Å². The summed E-state index contributed by atoms with van der Waals surface area (Å²) in [5.74, 6) is -1.17. The molecule has 9 nitrogen and oxygen atoms in total. The third kappa shape index (κ3) is 6.38. The first-order valence-corrected chi connectivity index (χ1v) is 10.4. The Bertz CT molecular complexity index is 1420. The van der Waals surface area contributed by atoms with Gasteiger partial charge in [0.15, 0.2) is 5.82 Å². The quantitative estimate of drug-likeness (QED) is 0.399. The van der Waals surface area contributed by atoms with Crippen LogP contribution in [0.25, 0.3) is 11.5 Å². The SMILES string of the molecule is Fc1cccc(Cn2cncn2)c1.O=C(O)c1ccnc(-c2ncnn2Cc2cccc(F)c2)c1. The van der Waals surface area contributed by atoms with Crippen molar-refractivity contribution in [2.24, 2.45) is 0 Å². The summed E-state index contributed by atoms with van der Waals surface area (Å²) >= 11 is 0. The van der Waals surface area contributed by atoms with Crippen LogP contribution in [-0.4, -0.2) is 45.6 Å². The van der Waals surface area contributed by atoms with Crippen molar-refractivity contribution in [2.45, 2.75) is 13.1 Å². The van der Waals surface area contributed by atoms with Crippen LogP contribution in [0.1, 0.15) is 21.5 Å². The molecule has 0 bridgehead atoms. The predicted octanol–water partition coefficient (Wildman–Crippen LogP) is 3.69. The topological polar surface area (TPSA) is 112 Å². The molecule has 2 aromatic carbocycles. The summed E-state index contributed by atoms with van der Waals surface area (Å²) in [4.78, 5) is 23.1. The van der Waals surface area contributed by atoms with Gasteiger partial charge in [0.05, 0.1) is 18.7 Å². The molecule has 5 rings (SSSR count). The maximum atomic E-state index is 13.2. The second-order valence-corrected chi connectivity index (χ2v) is 7.33. The lowest BCUT2D eigenvalue weighted by Crippen LogP contribution is -2.06. The first-order valence-electron chi connectivity index (χ1n) is 10.4. The molecule has 0 aliphatic carbocycles. The van der Waals surface area contributed by atoms with Crippen molar-refractivity contribution in [2.75, 3.05) is 0 Å². The van der Waals surface area contributed by atoms with E-state index >= 15 is 0 Å². The molecule has 0 amide bonds. The normalized spacial score (nSPS) is 10.5. The number of carboxylic acids is 1. The van der Waals surface area contributed by atoms with Crippen molar-refractivity contribution in [1.82, 2.24) is 34.5 Å². The molecule has 11 heteroatoms. The number of halogens is 2. The Kier molecular flexibility index (Phi) is 7.26. The van der Waals surface area contributed by atoms with Crippen LogP contribution in [0, 0.1) is 11.6 Å². The van der Waals surface area contributed by atoms with Gasteiger partial charge in [0, 0.05) is 6.20 Å². The van der Waals surface area contributed by atoms with E-state index in [9.17, 15) is 13.6 Å². The first kappa shape index (κ1) is 23.4. The lowest BCUT2D eigenvalue weighted by molar-refractivity contribution is 0.0696. The number of aromatic carboxylic acids is 1. The third-order valence-electron chi connectivity index (χ3n) is 4.77. The predicted molar refractivity (Wildman–Crippen MR) is 121 cm³/mol. The van der Waals surface area contributed by atoms with Crippen LogP contribution in [0.15, 0.2) is 85.8 Å².